The van der Waals surface area contributed by atoms with E-state index in [0.717, 1.165) is 12.1 Å². The van der Waals surface area contributed by atoms with Crippen LogP contribution in [0.25, 0.3) is 0 Å². The lowest BCUT2D eigenvalue weighted by Gasteiger charge is -2.21. The molecule has 0 heterocycles. The zero-order chi connectivity index (χ0) is 15.2. The van der Waals surface area contributed by atoms with Crippen molar-refractivity contribution >= 4 is 5.69 Å². The van der Waals surface area contributed by atoms with Gasteiger partial charge in [0.1, 0.15) is 11.8 Å². The summed E-state index contributed by atoms with van der Waals surface area (Å²) < 4.78 is 5.37. The predicted octanol–water partition coefficient (Wildman–Crippen LogP) is 4.44. The van der Waals surface area contributed by atoms with E-state index in [4.69, 9.17) is 4.74 Å². The van der Waals surface area contributed by atoms with Gasteiger partial charge in [0, 0.05) is 0 Å². The number of para-hydroxylation sites is 1. The molecule has 0 saturated heterocycles. The van der Waals surface area contributed by atoms with E-state index in [9.17, 15) is 5.26 Å². The van der Waals surface area contributed by atoms with Gasteiger partial charge in [-0.3, -0.25) is 0 Å². The zero-order valence-electron chi connectivity index (χ0n) is 12.7. The molecule has 1 unspecified atom stereocenters. The van der Waals surface area contributed by atoms with Gasteiger partial charge in [0.2, 0.25) is 0 Å². The van der Waals surface area contributed by atoms with Crippen molar-refractivity contribution in [1.29, 1.82) is 5.26 Å². The smallest absolute Gasteiger partial charge is 0.143 e. The fourth-order valence-electron chi connectivity index (χ4n) is 2.34. The van der Waals surface area contributed by atoms with Crippen LogP contribution < -0.4 is 10.1 Å². The van der Waals surface area contributed by atoms with Crippen LogP contribution in [-0.4, -0.2) is 7.11 Å². The van der Waals surface area contributed by atoms with Gasteiger partial charge in [-0.05, 0) is 31.0 Å². The van der Waals surface area contributed by atoms with Crippen molar-refractivity contribution in [2.75, 3.05) is 12.4 Å². The van der Waals surface area contributed by atoms with Crippen LogP contribution in [0.4, 0.5) is 5.69 Å². The van der Waals surface area contributed by atoms with Crippen molar-refractivity contribution in [2.45, 2.75) is 26.3 Å². The Morgan fingerprint density at radius 1 is 1.19 bits per heavy atom. The number of hydrogen-bond donors (Lipinski definition) is 1. The maximum atomic E-state index is 9.29. The molecule has 2 aromatic rings. The monoisotopic (exact) mass is 280 g/mol. The third kappa shape index (κ3) is 3.35. The van der Waals surface area contributed by atoms with Gasteiger partial charge in [-0.15, -0.1) is 0 Å². The zero-order valence-corrected chi connectivity index (χ0v) is 12.7. The number of nitrogens with zero attached hydrogens (tertiary/aromatic N) is 1. The van der Waals surface area contributed by atoms with Crippen LogP contribution in [-0.2, 0) is 0 Å². The minimum absolute atomic E-state index is 0.147. The fraction of sp³-hybridized carbons (Fsp3) is 0.278. The number of benzene rings is 2. The van der Waals surface area contributed by atoms with Crippen molar-refractivity contribution in [2.24, 2.45) is 0 Å². The molecule has 0 saturated carbocycles. The van der Waals surface area contributed by atoms with Crippen molar-refractivity contribution in [3.05, 3.63) is 59.2 Å². The quantitative estimate of drug-likeness (QED) is 0.880. The second-order valence-corrected chi connectivity index (χ2v) is 5.01. The SMILES string of the molecule is CCC(Nc1c(C#N)cccc1OC)c1ccc(C)cc1. The molecule has 2 rings (SSSR count). The number of nitrogens with one attached hydrogen (secondary N) is 1. The Kier molecular flexibility index (Phi) is 4.84. The molecule has 1 atom stereocenters. The number of rotatable bonds is 5. The number of ether oxygens (including phenoxy) is 1. The Balaban J connectivity index is 2.35. The maximum Gasteiger partial charge on any atom is 0.143 e. The first-order chi connectivity index (χ1) is 10.2. The number of hydrogen-bond acceptors (Lipinski definition) is 3. The summed E-state index contributed by atoms with van der Waals surface area (Å²) >= 11 is 0. The van der Waals surface area contributed by atoms with Crippen LogP contribution in [0.5, 0.6) is 5.75 Å². The summed E-state index contributed by atoms with van der Waals surface area (Å²) in [6, 6.07) is 16.3. The highest BCUT2D eigenvalue weighted by Gasteiger charge is 2.15. The van der Waals surface area contributed by atoms with Crippen LogP contribution in [0.15, 0.2) is 42.5 Å². The van der Waals surface area contributed by atoms with E-state index in [1.807, 2.05) is 12.1 Å². The molecule has 0 fully saturated rings. The van der Waals surface area contributed by atoms with E-state index in [2.05, 4.69) is 49.5 Å². The van der Waals surface area contributed by atoms with E-state index in [1.165, 1.54) is 11.1 Å². The summed E-state index contributed by atoms with van der Waals surface area (Å²) in [5, 5.41) is 12.7. The molecule has 0 bridgehead atoms. The average molecular weight is 280 g/mol. The summed E-state index contributed by atoms with van der Waals surface area (Å²) in [6.45, 7) is 4.20. The van der Waals surface area contributed by atoms with E-state index in [1.54, 1.807) is 13.2 Å². The molecule has 108 valence electrons. The predicted molar refractivity (Wildman–Crippen MR) is 85.5 cm³/mol. The topological polar surface area (TPSA) is 45.0 Å². The second kappa shape index (κ2) is 6.81. The summed E-state index contributed by atoms with van der Waals surface area (Å²) in [5.41, 5.74) is 3.80. The van der Waals surface area contributed by atoms with Crippen molar-refractivity contribution in [1.82, 2.24) is 0 Å². The second-order valence-electron chi connectivity index (χ2n) is 5.01. The molecule has 1 N–H and O–H groups in total. The van der Waals surface area contributed by atoms with Crippen molar-refractivity contribution in [3.8, 4) is 11.8 Å². The molecule has 3 nitrogen and oxygen atoms in total. The molecule has 0 amide bonds. The summed E-state index contributed by atoms with van der Waals surface area (Å²) in [5.74, 6) is 0.694. The summed E-state index contributed by atoms with van der Waals surface area (Å²) in [6.07, 6.45) is 0.923. The van der Waals surface area contributed by atoms with E-state index >= 15 is 0 Å². The Morgan fingerprint density at radius 3 is 2.48 bits per heavy atom. The van der Waals surface area contributed by atoms with E-state index in [0.29, 0.717) is 11.3 Å². The lowest BCUT2D eigenvalue weighted by molar-refractivity contribution is 0.415. The summed E-state index contributed by atoms with van der Waals surface area (Å²) in [7, 11) is 1.62. The van der Waals surface area contributed by atoms with Crippen LogP contribution in [0.1, 0.15) is 36.1 Å². The Morgan fingerprint density at radius 2 is 1.90 bits per heavy atom. The highest BCUT2D eigenvalue weighted by molar-refractivity contribution is 5.67. The van der Waals surface area contributed by atoms with E-state index in [-0.39, 0.29) is 6.04 Å². The van der Waals surface area contributed by atoms with Crippen LogP contribution in [0, 0.1) is 18.3 Å². The first-order valence-electron chi connectivity index (χ1n) is 7.09. The van der Waals surface area contributed by atoms with Crippen LogP contribution in [0.3, 0.4) is 0 Å². The largest absolute Gasteiger partial charge is 0.495 e. The van der Waals surface area contributed by atoms with Crippen molar-refractivity contribution in [3.63, 3.8) is 0 Å². The lowest BCUT2D eigenvalue weighted by atomic mass is 10.0. The Bertz CT molecular complexity index is 641. The average Bonchev–Trinajstić information content (AvgIpc) is 2.53. The minimum Gasteiger partial charge on any atom is -0.495 e. The van der Waals surface area contributed by atoms with Gasteiger partial charge in [0.05, 0.1) is 24.4 Å². The van der Waals surface area contributed by atoms with Gasteiger partial charge < -0.3 is 10.1 Å². The van der Waals surface area contributed by atoms with E-state index < -0.39 is 0 Å². The van der Waals surface area contributed by atoms with Crippen molar-refractivity contribution < 1.29 is 4.74 Å². The third-order valence-corrected chi connectivity index (χ3v) is 3.57. The highest BCUT2D eigenvalue weighted by Crippen LogP contribution is 2.32. The molecule has 0 aromatic heterocycles. The summed E-state index contributed by atoms with van der Waals surface area (Å²) in [4.78, 5) is 0. The number of methoxy groups -OCH3 is 1. The molecule has 0 aliphatic heterocycles. The molecular formula is C18H20N2O. The number of nitriles is 1. The molecule has 0 spiro atoms. The first-order valence-corrected chi connectivity index (χ1v) is 7.09. The van der Waals surface area contributed by atoms with Crippen LogP contribution >= 0.6 is 0 Å². The molecule has 0 aliphatic carbocycles. The highest BCUT2D eigenvalue weighted by atomic mass is 16.5. The molecular weight excluding hydrogens is 260 g/mol. The maximum absolute atomic E-state index is 9.29. The Hall–Kier alpha value is -2.47. The van der Waals surface area contributed by atoms with Gasteiger partial charge in [0.15, 0.2) is 0 Å². The minimum atomic E-state index is 0.147. The van der Waals surface area contributed by atoms with Crippen LogP contribution in [0.2, 0.25) is 0 Å². The normalized spacial score (nSPS) is 11.5. The Labute approximate surface area is 126 Å². The first kappa shape index (κ1) is 14.9. The third-order valence-electron chi connectivity index (χ3n) is 3.57. The molecule has 3 heteroatoms. The van der Waals surface area contributed by atoms with Gasteiger partial charge in [-0.1, -0.05) is 42.8 Å². The molecule has 21 heavy (non-hydrogen) atoms. The number of anilines is 1. The van der Waals surface area contributed by atoms with Gasteiger partial charge >= 0.3 is 0 Å². The standard InChI is InChI=1S/C18H20N2O/c1-4-16(14-10-8-13(2)9-11-14)20-18-15(12-19)6-5-7-17(18)21-3/h5-11,16,20H,4H2,1-3H3. The molecule has 0 aliphatic rings. The van der Waals surface area contributed by atoms with Gasteiger partial charge in [-0.25, -0.2) is 0 Å². The lowest BCUT2D eigenvalue weighted by Crippen LogP contribution is -2.11. The number of aryl methyl sites for hydroxylation is 1. The fourth-order valence-corrected chi connectivity index (χ4v) is 2.34. The molecule has 0 radical (unpaired) electrons. The van der Waals surface area contributed by atoms with Gasteiger partial charge in [-0.2, -0.15) is 5.26 Å². The van der Waals surface area contributed by atoms with Gasteiger partial charge in [0.25, 0.3) is 0 Å². The molecule has 2 aromatic carbocycles.